The second kappa shape index (κ2) is 6.94. The molecule has 0 unspecified atom stereocenters. The second-order valence-electron chi connectivity index (χ2n) is 5.89. The Morgan fingerprint density at radius 1 is 1.04 bits per heavy atom. The van der Waals surface area contributed by atoms with Crippen molar-refractivity contribution < 1.29 is 0 Å². The van der Waals surface area contributed by atoms with E-state index in [1.165, 1.54) is 10.2 Å². The molecule has 0 saturated heterocycles. The van der Waals surface area contributed by atoms with E-state index in [2.05, 4.69) is 28.3 Å². The minimum atomic E-state index is 0.176. The van der Waals surface area contributed by atoms with Gasteiger partial charge in [-0.05, 0) is 44.6 Å². The summed E-state index contributed by atoms with van der Waals surface area (Å²) in [5.41, 5.74) is 12.0. The highest BCUT2D eigenvalue weighted by Gasteiger charge is 2.18. The second-order valence-corrected chi connectivity index (χ2v) is 6.31. The quantitative estimate of drug-likeness (QED) is 0.535. The lowest BCUT2D eigenvalue weighted by molar-refractivity contribution is 0.923. The Labute approximate surface area is 152 Å². The number of azo groups is 1. The van der Waals surface area contributed by atoms with Crippen LogP contribution in [0, 0.1) is 20.8 Å². The predicted octanol–water partition coefficient (Wildman–Crippen LogP) is 4.98. The van der Waals surface area contributed by atoms with Crippen LogP contribution in [0.1, 0.15) is 16.8 Å². The number of rotatable bonds is 3. The molecule has 2 N–H and O–H groups in total. The number of aromatic nitrogens is 2. The van der Waals surface area contributed by atoms with Crippen LogP contribution in [-0.2, 0) is 0 Å². The standard InChI is InChI=1S/C19H19N5S/c1-12-9-10-16(13(2)11-12)21-22-17-14(3)23-24(19(20)25)18(17)15-7-5-4-6-8-15/h4-11H,1-3H3,(H2,20,25). The van der Waals surface area contributed by atoms with Crippen molar-refractivity contribution in [3.05, 3.63) is 65.4 Å². The smallest absolute Gasteiger partial charge is 0.191 e. The number of hydrogen-bond acceptors (Lipinski definition) is 4. The molecule has 0 fully saturated rings. The van der Waals surface area contributed by atoms with Gasteiger partial charge in [-0.25, -0.2) is 4.68 Å². The van der Waals surface area contributed by atoms with Crippen molar-refractivity contribution in [2.45, 2.75) is 20.8 Å². The number of benzene rings is 2. The molecule has 0 aliphatic heterocycles. The van der Waals surface area contributed by atoms with Gasteiger partial charge in [0.05, 0.1) is 11.4 Å². The Balaban J connectivity index is 2.13. The van der Waals surface area contributed by atoms with Crippen LogP contribution in [0.3, 0.4) is 0 Å². The van der Waals surface area contributed by atoms with Gasteiger partial charge >= 0.3 is 0 Å². The van der Waals surface area contributed by atoms with E-state index in [1.54, 1.807) is 0 Å². The Kier molecular flexibility index (Phi) is 4.72. The third-order valence-corrected chi connectivity index (χ3v) is 4.07. The fourth-order valence-electron chi connectivity index (χ4n) is 2.67. The largest absolute Gasteiger partial charge is 0.374 e. The summed E-state index contributed by atoms with van der Waals surface area (Å²) in [6.07, 6.45) is 0. The van der Waals surface area contributed by atoms with Crippen molar-refractivity contribution in [2.75, 3.05) is 0 Å². The normalized spacial score (nSPS) is 11.2. The van der Waals surface area contributed by atoms with Gasteiger partial charge in [-0.2, -0.15) is 10.2 Å². The first kappa shape index (κ1) is 17.0. The van der Waals surface area contributed by atoms with Crippen molar-refractivity contribution in [3.8, 4) is 11.3 Å². The minimum absolute atomic E-state index is 0.176. The summed E-state index contributed by atoms with van der Waals surface area (Å²) in [6, 6.07) is 15.9. The van der Waals surface area contributed by atoms with E-state index in [4.69, 9.17) is 18.0 Å². The van der Waals surface area contributed by atoms with E-state index in [-0.39, 0.29) is 5.11 Å². The first-order chi connectivity index (χ1) is 12.0. The van der Waals surface area contributed by atoms with Crippen molar-refractivity contribution in [1.82, 2.24) is 9.78 Å². The third kappa shape index (κ3) is 3.49. The monoisotopic (exact) mass is 349 g/mol. The van der Waals surface area contributed by atoms with E-state index < -0.39 is 0 Å². The summed E-state index contributed by atoms with van der Waals surface area (Å²) in [5.74, 6) is 0. The first-order valence-corrected chi connectivity index (χ1v) is 8.32. The van der Waals surface area contributed by atoms with Crippen molar-refractivity contribution in [1.29, 1.82) is 0 Å². The van der Waals surface area contributed by atoms with Crippen LogP contribution in [0.5, 0.6) is 0 Å². The van der Waals surface area contributed by atoms with E-state index in [0.717, 1.165) is 28.2 Å². The summed E-state index contributed by atoms with van der Waals surface area (Å²) in [6.45, 7) is 5.94. The number of hydrogen-bond donors (Lipinski definition) is 1. The van der Waals surface area contributed by atoms with Gasteiger partial charge in [0.25, 0.3) is 0 Å². The van der Waals surface area contributed by atoms with Gasteiger partial charge in [0.1, 0.15) is 11.4 Å². The van der Waals surface area contributed by atoms with Crippen LogP contribution in [0.15, 0.2) is 58.8 Å². The van der Waals surface area contributed by atoms with Crippen molar-refractivity contribution >= 4 is 28.7 Å². The summed E-state index contributed by atoms with van der Waals surface area (Å²) >= 11 is 5.14. The Morgan fingerprint density at radius 2 is 1.76 bits per heavy atom. The molecular formula is C19H19N5S. The van der Waals surface area contributed by atoms with Crippen LogP contribution < -0.4 is 5.73 Å². The summed E-state index contributed by atoms with van der Waals surface area (Å²) in [4.78, 5) is 0. The Bertz CT molecular complexity index is 957. The number of aryl methyl sites for hydroxylation is 3. The lowest BCUT2D eigenvalue weighted by Crippen LogP contribution is -2.21. The lowest BCUT2D eigenvalue weighted by Gasteiger charge is -2.06. The SMILES string of the molecule is Cc1ccc(N=Nc2c(C)nn(C(N)=S)c2-c2ccccc2)c(C)c1. The Hall–Kier alpha value is -2.86. The van der Waals surface area contributed by atoms with Gasteiger partial charge in [0, 0.05) is 5.56 Å². The Morgan fingerprint density at radius 3 is 2.40 bits per heavy atom. The molecule has 0 bridgehead atoms. The van der Waals surface area contributed by atoms with Gasteiger partial charge < -0.3 is 5.73 Å². The number of nitrogens with two attached hydrogens (primary N) is 1. The zero-order valence-corrected chi connectivity index (χ0v) is 15.2. The molecule has 0 spiro atoms. The van der Waals surface area contributed by atoms with Gasteiger partial charge in [-0.15, -0.1) is 5.11 Å². The van der Waals surface area contributed by atoms with Crippen LogP contribution in [-0.4, -0.2) is 14.9 Å². The molecule has 0 atom stereocenters. The topological polar surface area (TPSA) is 68.6 Å². The predicted molar refractivity (Wildman–Crippen MR) is 105 cm³/mol. The average Bonchev–Trinajstić information content (AvgIpc) is 2.92. The van der Waals surface area contributed by atoms with E-state index >= 15 is 0 Å². The number of nitrogens with zero attached hydrogens (tertiary/aromatic N) is 4. The fourth-order valence-corrected chi connectivity index (χ4v) is 2.81. The van der Waals surface area contributed by atoms with Crippen molar-refractivity contribution in [3.63, 3.8) is 0 Å². The molecule has 5 nitrogen and oxygen atoms in total. The molecule has 25 heavy (non-hydrogen) atoms. The zero-order chi connectivity index (χ0) is 18.0. The number of thiocarbonyl (C=S) groups is 1. The molecule has 3 rings (SSSR count). The van der Waals surface area contributed by atoms with Crippen LogP contribution in [0.2, 0.25) is 0 Å². The van der Waals surface area contributed by atoms with Crippen LogP contribution in [0.25, 0.3) is 11.3 Å². The molecule has 3 aromatic rings. The summed E-state index contributed by atoms with van der Waals surface area (Å²) in [5, 5.41) is 13.5. The molecule has 1 heterocycles. The average molecular weight is 349 g/mol. The van der Waals surface area contributed by atoms with E-state index in [0.29, 0.717) is 5.69 Å². The van der Waals surface area contributed by atoms with Crippen molar-refractivity contribution in [2.24, 2.45) is 16.0 Å². The molecule has 2 aromatic carbocycles. The maximum Gasteiger partial charge on any atom is 0.191 e. The van der Waals surface area contributed by atoms with Gasteiger partial charge in [-0.1, -0.05) is 48.0 Å². The molecule has 0 radical (unpaired) electrons. The molecule has 0 saturated carbocycles. The van der Waals surface area contributed by atoms with E-state index in [1.807, 2.05) is 56.3 Å². The molecule has 0 aliphatic carbocycles. The lowest BCUT2D eigenvalue weighted by atomic mass is 10.1. The highest BCUT2D eigenvalue weighted by molar-refractivity contribution is 7.80. The van der Waals surface area contributed by atoms with Gasteiger partial charge in [0.15, 0.2) is 5.11 Å². The molecular weight excluding hydrogens is 330 g/mol. The molecule has 126 valence electrons. The van der Waals surface area contributed by atoms with Crippen LogP contribution >= 0.6 is 12.2 Å². The van der Waals surface area contributed by atoms with Crippen LogP contribution in [0.4, 0.5) is 11.4 Å². The first-order valence-electron chi connectivity index (χ1n) is 7.91. The fraction of sp³-hybridized carbons (Fsp3) is 0.158. The molecule has 6 heteroatoms. The maximum absolute atomic E-state index is 5.84. The molecule has 1 aromatic heterocycles. The highest BCUT2D eigenvalue weighted by atomic mass is 32.1. The van der Waals surface area contributed by atoms with E-state index in [9.17, 15) is 0 Å². The highest BCUT2D eigenvalue weighted by Crippen LogP contribution is 2.34. The third-order valence-electron chi connectivity index (χ3n) is 3.89. The summed E-state index contributed by atoms with van der Waals surface area (Å²) in [7, 11) is 0. The summed E-state index contributed by atoms with van der Waals surface area (Å²) < 4.78 is 1.54. The van der Waals surface area contributed by atoms with Gasteiger partial charge in [-0.3, -0.25) is 0 Å². The zero-order valence-electron chi connectivity index (χ0n) is 14.4. The molecule has 0 amide bonds. The minimum Gasteiger partial charge on any atom is -0.374 e. The molecule has 0 aliphatic rings. The van der Waals surface area contributed by atoms with Gasteiger partial charge in [0.2, 0.25) is 0 Å². The maximum atomic E-state index is 5.84.